The van der Waals surface area contributed by atoms with E-state index in [9.17, 15) is 18.4 Å². The minimum atomic E-state index is -0.954. The van der Waals surface area contributed by atoms with E-state index >= 15 is 0 Å². The fourth-order valence-corrected chi connectivity index (χ4v) is 2.64. The number of benzene rings is 2. The summed E-state index contributed by atoms with van der Waals surface area (Å²) in [5.41, 5.74) is 1.03. The van der Waals surface area contributed by atoms with Crippen LogP contribution < -0.4 is 10.6 Å². The molecule has 0 saturated carbocycles. The third kappa shape index (κ3) is 6.17. The SMILES string of the molecule is COCC(=O)Nc1cccc(NC(=O)CSc2ccc(F)c(F)c2)c1. The Labute approximate surface area is 147 Å². The van der Waals surface area contributed by atoms with Gasteiger partial charge in [-0.15, -0.1) is 11.8 Å². The lowest BCUT2D eigenvalue weighted by Crippen LogP contribution is -2.18. The first-order chi connectivity index (χ1) is 12.0. The highest BCUT2D eigenvalue weighted by molar-refractivity contribution is 8.00. The van der Waals surface area contributed by atoms with Gasteiger partial charge in [-0.05, 0) is 36.4 Å². The molecular formula is C17H16F2N2O3S. The van der Waals surface area contributed by atoms with Crippen molar-refractivity contribution < 1.29 is 23.1 Å². The van der Waals surface area contributed by atoms with E-state index in [1.54, 1.807) is 24.3 Å². The highest BCUT2D eigenvalue weighted by Gasteiger charge is 2.08. The van der Waals surface area contributed by atoms with Crippen LogP contribution >= 0.6 is 11.8 Å². The number of rotatable bonds is 7. The lowest BCUT2D eigenvalue weighted by Gasteiger charge is -2.09. The summed E-state index contributed by atoms with van der Waals surface area (Å²) in [5, 5.41) is 5.30. The number of hydrogen-bond acceptors (Lipinski definition) is 4. The second-order valence-corrected chi connectivity index (χ2v) is 6.02. The minimum Gasteiger partial charge on any atom is -0.375 e. The second kappa shape index (κ2) is 9.14. The number of carbonyl (C=O) groups is 2. The minimum absolute atomic E-state index is 0.0331. The average molecular weight is 366 g/mol. The van der Waals surface area contributed by atoms with Crippen molar-refractivity contribution in [3.05, 3.63) is 54.1 Å². The zero-order valence-electron chi connectivity index (χ0n) is 13.3. The Morgan fingerprint density at radius 2 is 1.68 bits per heavy atom. The fraction of sp³-hybridized carbons (Fsp3) is 0.176. The van der Waals surface area contributed by atoms with Crippen molar-refractivity contribution in [3.63, 3.8) is 0 Å². The maximum absolute atomic E-state index is 13.1. The number of thioether (sulfide) groups is 1. The first kappa shape index (κ1) is 18.9. The molecular weight excluding hydrogens is 350 g/mol. The van der Waals surface area contributed by atoms with E-state index in [1.807, 2.05) is 0 Å². The molecule has 0 aliphatic rings. The number of amides is 2. The summed E-state index contributed by atoms with van der Waals surface area (Å²) in [7, 11) is 1.42. The summed E-state index contributed by atoms with van der Waals surface area (Å²) in [6.45, 7) is -0.0680. The van der Waals surface area contributed by atoms with Gasteiger partial charge in [0, 0.05) is 23.4 Å². The predicted octanol–water partition coefficient (Wildman–Crippen LogP) is 3.28. The van der Waals surface area contributed by atoms with Crippen LogP contribution in [0.25, 0.3) is 0 Å². The Hall–Kier alpha value is -2.45. The van der Waals surface area contributed by atoms with Gasteiger partial charge in [-0.3, -0.25) is 9.59 Å². The Morgan fingerprint density at radius 1 is 1.00 bits per heavy atom. The smallest absolute Gasteiger partial charge is 0.250 e. The highest BCUT2D eigenvalue weighted by atomic mass is 32.2. The largest absolute Gasteiger partial charge is 0.375 e. The van der Waals surface area contributed by atoms with E-state index < -0.39 is 11.6 Å². The summed E-state index contributed by atoms with van der Waals surface area (Å²) >= 11 is 1.09. The molecule has 25 heavy (non-hydrogen) atoms. The number of nitrogens with one attached hydrogen (secondary N) is 2. The van der Waals surface area contributed by atoms with Gasteiger partial charge < -0.3 is 15.4 Å². The van der Waals surface area contributed by atoms with Crippen molar-refractivity contribution in [2.24, 2.45) is 0 Å². The summed E-state index contributed by atoms with van der Waals surface area (Å²) in [4.78, 5) is 23.9. The van der Waals surface area contributed by atoms with Crippen LogP contribution in [0.1, 0.15) is 0 Å². The van der Waals surface area contributed by atoms with Crippen LogP contribution in [0.3, 0.4) is 0 Å². The molecule has 2 aromatic carbocycles. The first-order valence-corrected chi connectivity index (χ1v) is 8.23. The summed E-state index contributed by atoms with van der Waals surface area (Å²) < 4.78 is 30.7. The molecule has 0 aromatic heterocycles. The molecule has 2 rings (SSSR count). The van der Waals surface area contributed by atoms with Crippen molar-refractivity contribution in [2.45, 2.75) is 4.90 Å². The zero-order valence-corrected chi connectivity index (χ0v) is 14.2. The summed E-state index contributed by atoms with van der Waals surface area (Å²) in [6, 6.07) is 10.1. The molecule has 8 heteroatoms. The lowest BCUT2D eigenvalue weighted by atomic mass is 10.2. The number of halogens is 2. The van der Waals surface area contributed by atoms with Crippen molar-refractivity contribution in [1.82, 2.24) is 0 Å². The normalized spacial score (nSPS) is 10.4. The summed E-state index contributed by atoms with van der Waals surface area (Å²) in [6.07, 6.45) is 0. The van der Waals surface area contributed by atoms with E-state index in [-0.39, 0.29) is 24.2 Å². The van der Waals surface area contributed by atoms with Gasteiger partial charge in [0.1, 0.15) is 6.61 Å². The molecule has 0 aliphatic heterocycles. The number of carbonyl (C=O) groups excluding carboxylic acids is 2. The van der Waals surface area contributed by atoms with Crippen LogP contribution in [-0.4, -0.2) is 31.3 Å². The van der Waals surface area contributed by atoms with E-state index in [0.29, 0.717) is 16.3 Å². The van der Waals surface area contributed by atoms with Crippen LogP contribution in [0.5, 0.6) is 0 Å². The molecule has 0 bridgehead atoms. The fourth-order valence-electron chi connectivity index (χ4n) is 1.92. The second-order valence-electron chi connectivity index (χ2n) is 4.97. The molecule has 0 saturated heterocycles. The molecule has 0 fully saturated rings. The molecule has 0 radical (unpaired) electrons. The Kier molecular flexibility index (Phi) is 6.91. The zero-order chi connectivity index (χ0) is 18.2. The predicted molar refractivity (Wildman–Crippen MR) is 92.7 cm³/mol. The highest BCUT2D eigenvalue weighted by Crippen LogP contribution is 2.21. The first-order valence-electron chi connectivity index (χ1n) is 7.24. The van der Waals surface area contributed by atoms with Gasteiger partial charge in [-0.25, -0.2) is 8.78 Å². The van der Waals surface area contributed by atoms with Crippen LogP contribution in [-0.2, 0) is 14.3 Å². The van der Waals surface area contributed by atoms with E-state index in [4.69, 9.17) is 4.74 Å². The third-order valence-electron chi connectivity index (χ3n) is 2.97. The van der Waals surface area contributed by atoms with Gasteiger partial charge in [-0.1, -0.05) is 6.07 Å². The molecule has 5 nitrogen and oxygen atoms in total. The molecule has 2 aromatic rings. The van der Waals surface area contributed by atoms with Gasteiger partial charge in [-0.2, -0.15) is 0 Å². The molecule has 0 spiro atoms. The summed E-state index contributed by atoms with van der Waals surface area (Å²) in [5.74, 6) is -2.47. The Balaban J connectivity index is 1.89. The van der Waals surface area contributed by atoms with Crippen molar-refractivity contribution in [1.29, 1.82) is 0 Å². The lowest BCUT2D eigenvalue weighted by molar-refractivity contribution is -0.119. The van der Waals surface area contributed by atoms with Gasteiger partial charge >= 0.3 is 0 Å². The quantitative estimate of drug-likeness (QED) is 0.738. The number of anilines is 2. The molecule has 0 aliphatic carbocycles. The number of hydrogen-bond donors (Lipinski definition) is 2. The van der Waals surface area contributed by atoms with Crippen molar-refractivity contribution in [2.75, 3.05) is 30.1 Å². The average Bonchev–Trinajstić information content (AvgIpc) is 2.56. The Bertz CT molecular complexity index is 771. The van der Waals surface area contributed by atoms with Gasteiger partial charge in [0.15, 0.2) is 11.6 Å². The maximum atomic E-state index is 13.1. The monoisotopic (exact) mass is 366 g/mol. The maximum Gasteiger partial charge on any atom is 0.250 e. The third-order valence-corrected chi connectivity index (χ3v) is 3.96. The van der Waals surface area contributed by atoms with E-state index in [0.717, 1.165) is 23.9 Å². The number of ether oxygens (including phenoxy) is 1. The van der Waals surface area contributed by atoms with Crippen LogP contribution in [0, 0.1) is 11.6 Å². The molecule has 132 valence electrons. The van der Waals surface area contributed by atoms with Crippen molar-refractivity contribution in [3.8, 4) is 0 Å². The van der Waals surface area contributed by atoms with E-state index in [2.05, 4.69) is 10.6 Å². The Morgan fingerprint density at radius 3 is 2.32 bits per heavy atom. The van der Waals surface area contributed by atoms with Crippen LogP contribution in [0.15, 0.2) is 47.4 Å². The molecule has 2 N–H and O–H groups in total. The van der Waals surface area contributed by atoms with Gasteiger partial charge in [0.05, 0.1) is 5.75 Å². The topological polar surface area (TPSA) is 67.4 Å². The van der Waals surface area contributed by atoms with Crippen molar-refractivity contribution >= 4 is 35.0 Å². The van der Waals surface area contributed by atoms with Crippen LogP contribution in [0.4, 0.5) is 20.2 Å². The molecule has 0 heterocycles. The molecule has 0 unspecified atom stereocenters. The van der Waals surface area contributed by atoms with E-state index in [1.165, 1.54) is 13.2 Å². The molecule has 0 atom stereocenters. The van der Waals surface area contributed by atoms with Crippen LogP contribution in [0.2, 0.25) is 0 Å². The molecule has 2 amide bonds. The number of methoxy groups -OCH3 is 1. The standard InChI is InChI=1S/C17H16F2N2O3S/c1-24-9-16(22)20-11-3-2-4-12(7-11)21-17(23)10-25-13-5-6-14(18)15(19)8-13/h2-8H,9-10H2,1H3,(H,20,22)(H,21,23). The van der Waals surface area contributed by atoms with Gasteiger partial charge in [0.2, 0.25) is 11.8 Å². The van der Waals surface area contributed by atoms with Gasteiger partial charge in [0.25, 0.3) is 0 Å².